The normalized spacial score (nSPS) is 14.0. The van der Waals surface area contributed by atoms with E-state index in [1.165, 1.54) is 80.9 Å². The van der Waals surface area contributed by atoms with E-state index in [0.29, 0.717) is 23.2 Å². The van der Waals surface area contributed by atoms with Gasteiger partial charge in [-0.1, -0.05) is 183 Å². The predicted molar refractivity (Wildman–Crippen MR) is 278 cm³/mol. The third-order valence-corrected chi connectivity index (χ3v) is 15.6. The number of benzene rings is 4. The summed E-state index contributed by atoms with van der Waals surface area (Å²) >= 11 is 5.74. The molecule has 2 aromatic heterocycles. The number of nitrogens with zero attached hydrogens (tertiary/aromatic N) is 2. The molecular weight excluding hydrogens is 842 g/mol. The van der Waals surface area contributed by atoms with Crippen LogP contribution in [0, 0.1) is 11.8 Å². The summed E-state index contributed by atoms with van der Waals surface area (Å²) in [6.45, 7) is 8.34. The molecule has 2 N–H and O–H groups in total. The van der Waals surface area contributed by atoms with Gasteiger partial charge in [-0.2, -0.15) is 0 Å². The van der Waals surface area contributed by atoms with Gasteiger partial charge < -0.3 is 19.5 Å². The second-order valence-electron chi connectivity index (χ2n) is 17.9. The zero-order valence-electron chi connectivity index (χ0n) is 39.6. The average Bonchev–Trinajstić information content (AvgIpc) is 3.33. The maximum Gasteiger partial charge on any atom is 0.451 e. The Morgan fingerprint density at radius 3 is 1.49 bits per heavy atom. The summed E-state index contributed by atoms with van der Waals surface area (Å²) in [7, 11) is 2.23. The van der Waals surface area contributed by atoms with Gasteiger partial charge in [-0.05, 0) is 108 Å². The Kier molecular flexibility index (Phi) is 22.0. The van der Waals surface area contributed by atoms with Crippen molar-refractivity contribution in [2.24, 2.45) is 11.8 Å². The van der Waals surface area contributed by atoms with Crippen LogP contribution in [0.25, 0.3) is 33.6 Å². The fourth-order valence-electron chi connectivity index (χ4n) is 8.81. The van der Waals surface area contributed by atoms with E-state index in [-0.39, 0.29) is 7.92 Å². The van der Waals surface area contributed by atoms with Gasteiger partial charge >= 0.3 is 7.12 Å². The quantitative estimate of drug-likeness (QED) is 0.0940. The maximum atomic E-state index is 8.28. The molecule has 0 aliphatic heterocycles. The van der Waals surface area contributed by atoms with Crippen molar-refractivity contribution in [3.63, 3.8) is 0 Å². The largest absolute Gasteiger partial charge is 0.496 e. The van der Waals surface area contributed by atoms with Crippen molar-refractivity contribution in [2.45, 2.75) is 116 Å². The van der Waals surface area contributed by atoms with Crippen LogP contribution < -0.4 is 14.8 Å². The summed E-state index contributed by atoms with van der Waals surface area (Å²) < 4.78 is 11.6. The molecule has 9 heteroatoms. The summed E-state index contributed by atoms with van der Waals surface area (Å²) in [4.78, 5) is 8.72. The van der Waals surface area contributed by atoms with Crippen LogP contribution in [0.1, 0.15) is 97.5 Å². The Labute approximate surface area is 397 Å². The Hall–Kier alpha value is -4.52. The summed E-state index contributed by atoms with van der Waals surface area (Å²) in [5.74, 6) is 2.89. The minimum atomic E-state index is -1.13. The molecule has 4 aromatic carbocycles. The number of ether oxygens (including phenoxy) is 2. The lowest BCUT2D eigenvalue weighted by Crippen LogP contribution is -2.27. The molecule has 0 unspecified atom stereocenters. The molecule has 0 spiro atoms. The van der Waals surface area contributed by atoms with Crippen LogP contribution in [0.15, 0.2) is 140 Å². The topological polar surface area (TPSA) is 84.7 Å². The fraction of sp³-hybridized carbons (Fsp3) is 0.393. The van der Waals surface area contributed by atoms with Gasteiger partial charge in [0.05, 0.1) is 36.2 Å². The number of hydrogen-bond donors (Lipinski definition) is 2. The molecule has 6 aromatic rings. The number of aromatic nitrogens is 2. The minimum Gasteiger partial charge on any atom is -0.496 e. The smallest absolute Gasteiger partial charge is 0.451 e. The maximum absolute atomic E-state index is 8.28. The summed E-state index contributed by atoms with van der Waals surface area (Å²) in [5.41, 5.74) is 9.83. The number of rotatable bonds is 12. The second-order valence-corrected chi connectivity index (χ2v) is 21.1. The number of halogens is 1. The Morgan fingerprint density at radius 2 is 1.08 bits per heavy atom. The molecule has 2 aliphatic carbocycles. The monoisotopic (exact) mass is 912 g/mol. The first-order valence-electron chi connectivity index (χ1n) is 23.7. The van der Waals surface area contributed by atoms with Gasteiger partial charge in [0.25, 0.3) is 0 Å². The van der Waals surface area contributed by atoms with Gasteiger partial charge in [-0.3, -0.25) is 9.97 Å². The highest BCUT2D eigenvalue weighted by atomic mass is 35.5. The molecule has 2 fully saturated rings. The van der Waals surface area contributed by atoms with Crippen LogP contribution in [0.2, 0.25) is 11.3 Å². The van der Waals surface area contributed by atoms with E-state index < -0.39 is 7.12 Å². The highest BCUT2D eigenvalue weighted by Crippen LogP contribution is 2.57. The molecule has 2 saturated carbocycles. The molecule has 0 radical (unpaired) electrons. The third kappa shape index (κ3) is 16.7. The van der Waals surface area contributed by atoms with Crippen molar-refractivity contribution in [1.29, 1.82) is 0 Å². The Balaban J connectivity index is 0.000000185. The number of pyridine rings is 2. The standard InChI is InChI=1S/C26H35O2P.C15H17N.C11H8ClN.C4H11BO2/c1-27-23-17-11-18-24(28-2)26(23)22-16-9-10-19-25(22)29(20-12-5-3-6-13-20)21-14-7-4-8-15-21;1-12(2)10-13-8-9-15(16-11-13)14-6-4-3-5-7-14;12-10-6-7-11(13-8-10)9-4-2-1-3-5-9;1-4(2)3-5(6)7/h9-11,16-21H,3-8,12-15H2,1-2H3;3-9,11-12H,10H2,1-2H3;1-8H;4,6-7H,3H2,1-2H3. The molecule has 2 heterocycles. The van der Waals surface area contributed by atoms with E-state index >= 15 is 0 Å². The Bertz CT molecular complexity index is 2170. The van der Waals surface area contributed by atoms with E-state index in [9.17, 15) is 0 Å². The van der Waals surface area contributed by atoms with Crippen molar-refractivity contribution >= 4 is 31.9 Å². The average molecular weight is 913 g/mol. The van der Waals surface area contributed by atoms with E-state index in [4.69, 9.17) is 31.1 Å². The zero-order valence-corrected chi connectivity index (χ0v) is 41.2. The zero-order chi connectivity index (χ0) is 46.4. The second kappa shape index (κ2) is 27.8. The van der Waals surface area contributed by atoms with Gasteiger partial charge in [0.15, 0.2) is 0 Å². The van der Waals surface area contributed by atoms with Crippen molar-refractivity contribution in [3.8, 4) is 45.1 Å². The van der Waals surface area contributed by atoms with Crippen molar-refractivity contribution in [3.05, 3.63) is 150 Å². The van der Waals surface area contributed by atoms with E-state index in [0.717, 1.165) is 51.8 Å². The van der Waals surface area contributed by atoms with Gasteiger partial charge in [0, 0.05) is 23.5 Å². The van der Waals surface area contributed by atoms with Gasteiger partial charge in [0.2, 0.25) is 0 Å². The molecule has 65 heavy (non-hydrogen) atoms. The third-order valence-electron chi connectivity index (χ3n) is 11.8. The van der Waals surface area contributed by atoms with E-state index in [1.54, 1.807) is 25.7 Å². The van der Waals surface area contributed by atoms with Crippen LogP contribution in [-0.2, 0) is 6.42 Å². The predicted octanol–water partition coefficient (Wildman–Crippen LogP) is 14.6. The SMILES string of the molecule is CC(C)CB(O)O.CC(C)Cc1ccc(-c2ccccc2)nc1.COc1cccc(OC)c1-c1ccccc1P(C1CCCCC1)C1CCCCC1.Clc1ccc(-c2ccccc2)nc1. The molecule has 344 valence electrons. The molecule has 0 saturated heterocycles. The van der Waals surface area contributed by atoms with E-state index in [1.807, 2.05) is 86.8 Å². The van der Waals surface area contributed by atoms with Crippen LogP contribution in [0.5, 0.6) is 11.5 Å². The fourth-order valence-corrected chi connectivity index (χ4v) is 12.9. The van der Waals surface area contributed by atoms with E-state index in [2.05, 4.69) is 84.5 Å². The van der Waals surface area contributed by atoms with Crippen molar-refractivity contribution < 1.29 is 19.5 Å². The van der Waals surface area contributed by atoms with Crippen LogP contribution in [-0.4, -0.2) is 52.7 Å². The van der Waals surface area contributed by atoms with Gasteiger partial charge in [-0.25, -0.2) is 0 Å². The molecular formula is C56H71BClN2O4P. The number of hydrogen-bond acceptors (Lipinski definition) is 6. The molecule has 0 bridgehead atoms. The summed E-state index contributed by atoms with van der Waals surface area (Å²) in [5, 5.41) is 18.8. The van der Waals surface area contributed by atoms with Gasteiger partial charge in [-0.15, -0.1) is 0 Å². The first-order chi connectivity index (χ1) is 31.6. The van der Waals surface area contributed by atoms with Crippen LogP contribution >= 0.6 is 19.5 Å². The first kappa shape index (κ1) is 51.5. The number of methoxy groups -OCH3 is 2. The highest BCUT2D eigenvalue weighted by molar-refractivity contribution is 7.67. The van der Waals surface area contributed by atoms with Crippen molar-refractivity contribution in [1.82, 2.24) is 9.97 Å². The van der Waals surface area contributed by atoms with Gasteiger partial charge in [0.1, 0.15) is 11.5 Å². The highest BCUT2D eigenvalue weighted by Gasteiger charge is 2.34. The molecule has 0 atom stereocenters. The Morgan fingerprint density at radius 1 is 0.585 bits per heavy atom. The first-order valence-corrected chi connectivity index (χ1v) is 25.6. The van der Waals surface area contributed by atoms with Crippen molar-refractivity contribution in [2.75, 3.05) is 14.2 Å². The van der Waals surface area contributed by atoms with Crippen LogP contribution in [0.3, 0.4) is 0 Å². The van der Waals surface area contributed by atoms with Crippen LogP contribution in [0.4, 0.5) is 0 Å². The lowest BCUT2D eigenvalue weighted by Gasteiger charge is -2.39. The molecule has 6 nitrogen and oxygen atoms in total. The molecule has 2 aliphatic rings. The molecule has 8 rings (SSSR count). The summed E-state index contributed by atoms with van der Waals surface area (Å²) in [6, 6.07) is 43.7. The minimum absolute atomic E-state index is 0.182. The lowest BCUT2D eigenvalue weighted by molar-refractivity contribution is 0.394. The molecule has 0 amide bonds. The summed E-state index contributed by atoms with van der Waals surface area (Å²) in [6.07, 6.45) is 19.4. The lowest BCUT2D eigenvalue weighted by atomic mass is 9.80.